The predicted octanol–water partition coefficient (Wildman–Crippen LogP) is 4.36. The maximum atomic E-state index is 15.0. The largest absolute Gasteiger partial charge is 0.492 e. The number of carbonyl (C=O) groups is 4. The Morgan fingerprint density at radius 3 is 2.57 bits per heavy atom. The molecule has 1 aromatic heterocycles. The number of sulfonamides is 1. The van der Waals surface area contributed by atoms with Gasteiger partial charge in [0, 0.05) is 30.8 Å². The van der Waals surface area contributed by atoms with Gasteiger partial charge in [0.05, 0.1) is 29.5 Å². The van der Waals surface area contributed by atoms with Crippen LogP contribution in [0, 0.1) is 17.8 Å². The number of hydrogen-bond acceptors (Lipinski definition) is 11. The van der Waals surface area contributed by atoms with Crippen molar-refractivity contribution in [3.05, 3.63) is 54.6 Å². The molecule has 4 aliphatic carbocycles. The van der Waals surface area contributed by atoms with Gasteiger partial charge in [-0.15, -0.1) is 6.58 Å². The van der Waals surface area contributed by atoms with Crippen molar-refractivity contribution in [1.29, 1.82) is 0 Å². The third-order valence-electron chi connectivity index (χ3n) is 13.3. The number of hydrogen-bond donors (Lipinski definition) is 4. The summed E-state index contributed by atoms with van der Waals surface area (Å²) in [6.45, 7) is 4.00. The van der Waals surface area contributed by atoms with Crippen molar-refractivity contribution in [2.24, 2.45) is 17.8 Å². The summed E-state index contributed by atoms with van der Waals surface area (Å²) in [4.78, 5) is 63.3. The number of nitrogens with zero attached hydrogens (tertiary/aromatic N) is 2. The van der Waals surface area contributed by atoms with E-state index in [2.05, 4.69) is 28.0 Å². The van der Waals surface area contributed by atoms with Crippen LogP contribution in [0.15, 0.2) is 49.1 Å². The third-order valence-corrected chi connectivity index (χ3v) is 15.1. The number of aliphatic hydroxyl groups is 1. The summed E-state index contributed by atoms with van der Waals surface area (Å²) in [5, 5.41) is 15.5. The fraction of sp³-hybridized carbons (Fsp3) is 0.614. The number of pyridine rings is 1. The van der Waals surface area contributed by atoms with Crippen molar-refractivity contribution in [1.82, 2.24) is 25.2 Å². The Morgan fingerprint density at radius 2 is 1.82 bits per heavy atom. The minimum absolute atomic E-state index is 0.0183. The maximum absolute atomic E-state index is 15.0. The molecule has 0 unspecified atom stereocenters. The van der Waals surface area contributed by atoms with E-state index in [-0.39, 0.29) is 56.4 Å². The quantitative estimate of drug-likeness (QED) is 0.185. The number of rotatable bonds is 11. The van der Waals surface area contributed by atoms with Gasteiger partial charge in [-0.1, -0.05) is 43.2 Å². The summed E-state index contributed by atoms with van der Waals surface area (Å²) >= 11 is 0. The number of para-hydroxylation sites is 1. The first-order valence-corrected chi connectivity index (χ1v) is 23.3. The Hall–Kier alpha value is -4.70. The van der Waals surface area contributed by atoms with Gasteiger partial charge in [0.2, 0.25) is 27.7 Å². The highest BCUT2D eigenvalue weighted by molar-refractivity contribution is 7.91. The molecule has 0 spiro atoms. The molecule has 4 amide bonds. The van der Waals surface area contributed by atoms with Gasteiger partial charge < -0.3 is 34.9 Å². The SMILES string of the molecule is C=C[C@@H]1C[C@]1(NC(=O)[C@@H]1C[C@@H]2CN1C(=O)[C@H](C1CCCC1)NC(=O)O[C@@H]1CCC[C@H]1CCC=CCc1c(nc3ccccc3c1OCCCO)O2)C(=O)NS(=O)(=O)C1CC1. The van der Waals surface area contributed by atoms with Crippen LogP contribution >= 0.6 is 0 Å². The molecule has 5 fully saturated rings. The lowest BCUT2D eigenvalue weighted by atomic mass is 9.96. The zero-order valence-corrected chi connectivity index (χ0v) is 34.8. The molecule has 8 rings (SSSR count). The van der Waals surface area contributed by atoms with E-state index < -0.39 is 68.7 Å². The van der Waals surface area contributed by atoms with E-state index in [1.54, 1.807) is 0 Å². The summed E-state index contributed by atoms with van der Waals surface area (Å²) in [6.07, 6.45) is 13.3. The van der Waals surface area contributed by atoms with Crippen LogP contribution in [0.1, 0.15) is 95.5 Å². The first-order valence-electron chi connectivity index (χ1n) is 21.8. The molecule has 3 heterocycles. The Labute approximate surface area is 351 Å². The van der Waals surface area contributed by atoms with Crippen molar-refractivity contribution < 1.29 is 46.9 Å². The lowest BCUT2D eigenvalue weighted by molar-refractivity contribution is -0.142. The molecule has 1 saturated heterocycles. The third kappa shape index (κ3) is 8.86. The summed E-state index contributed by atoms with van der Waals surface area (Å²) in [7, 11) is -3.92. The Bertz CT molecular complexity index is 2120. The van der Waals surface area contributed by atoms with Crippen LogP contribution in [0.5, 0.6) is 11.6 Å². The van der Waals surface area contributed by atoms with Gasteiger partial charge in [-0.3, -0.25) is 19.1 Å². The van der Waals surface area contributed by atoms with Gasteiger partial charge in [0.1, 0.15) is 35.6 Å². The van der Waals surface area contributed by atoms with Crippen molar-refractivity contribution >= 4 is 44.7 Å². The molecule has 6 aliphatic rings. The molecule has 7 atom stereocenters. The zero-order valence-electron chi connectivity index (χ0n) is 34.0. The van der Waals surface area contributed by atoms with Crippen LogP contribution in [0.2, 0.25) is 0 Å². The predicted molar refractivity (Wildman–Crippen MR) is 221 cm³/mol. The van der Waals surface area contributed by atoms with Crippen LogP contribution in [0.25, 0.3) is 10.9 Å². The second kappa shape index (κ2) is 17.7. The van der Waals surface area contributed by atoms with Gasteiger partial charge in [-0.05, 0) is 94.6 Å². The van der Waals surface area contributed by atoms with Gasteiger partial charge in [-0.2, -0.15) is 0 Å². The van der Waals surface area contributed by atoms with E-state index >= 15 is 0 Å². The van der Waals surface area contributed by atoms with Crippen molar-refractivity contribution in [3.8, 4) is 11.6 Å². The number of carbonyl (C=O) groups excluding carboxylic acids is 4. The first kappa shape index (κ1) is 42.0. The van der Waals surface area contributed by atoms with Gasteiger partial charge in [-0.25, -0.2) is 18.2 Å². The number of amides is 4. The van der Waals surface area contributed by atoms with Crippen LogP contribution < -0.4 is 24.8 Å². The number of alkyl carbamates (subject to hydrolysis) is 1. The number of benzene rings is 1. The van der Waals surface area contributed by atoms with Crippen LogP contribution in [0.3, 0.4) is 0 Å². The summed E-state index contributed by atoms with van der Waals surface area (Å²) in [6, 6.07) is 5.43. The number of aliphatic hydroxyl groups excluding tert-OH is 1. The highest BCUT2D eigenvalue weighted by Gasteiger charge is 2.62. The average molecular weight is 848 g/mol. The molecule has 0 radical (unpaired) electrons. The smallest absolute Gasteiger partial charge is 0.408 e. The lowest BCUT2D eigenvalue weighted by Gasteiger charge is -2.32. The van der Waals surface area contributed by atoms with Crippen molar-refractivity contribution in [3.63, 3.8) is 0 Å². The van der Waals surface area contributed by atoms with Crippen LogP contribution in [-0.2, 0) is 35.6 Å². The first-order chi connectivity index (χ1) is 29.0. The molecule has 2 aliphatic heterocycles. The minimum Gasteiger partial charge on any atom is -0.492 e. The molecular formula is C44H57N5O10S. The number of fused-ring (bicyclic) bond motifs is 5. The second-order valence-electron chi connectivity index (χ2n) is 17.4. The van der Waals surface area contributed by atoms with E-state index in [0.29, 0.717) is 55.4 Å². The topological polar surface area (TPSA) is 203 Å². The molecular weight excluding hydrogens is 791 g/mol. The van der Waals surface area contributed by atoms with Crippen LogP contribution in [0.4, 0.5) is 4.79 Å². The highest BCUT2D eigenvalue weighted by Crippen LogP contribution is 2.46. The molecule has 2 bridgehead atoms. The summed E-state index contributed by atoms with van der Waals surface area (Å²) < 4.78 is 47.1. The Kier molecular flexibility index (Phi) is 12.4. The van der Waals surface area contributed by atoms with Gasteiger partial charge in [0.25, 0.3) is 5.91 Å². The van der Waals surface area contributed by atoms with Crippen LogP contribution in [-0.4, -0.2) is 102 Å². The fourth-order valence-corrected chi connectivity index (χ4v) is 11.1. The van der Waals surface area contributed by atoms with E-state index in [1.165, 1.54) is 11.0 Å². The molecule has 2 aromatic rings. The zero-order chi connectivity index (χ0) is 42.0. The number of nitrogens with one attached hydrogen (secondary N) is 3. The fourth-order valence-electron chi connectivity index (χ4n) is 9.70. The molecule has 324 valence electrons. The molecule has 15 nitrogen and oxygen atoms in total. The molecule has 60 heavy (non-hydrogen) atoms. The summed E-state index contributed by atoms with van der Waals surface area (Å²) in [5.41, 5.74) is -0.255. The standard InChI is InChI=1S/C44H57N5O10S/c1-2-29-25-44(29,42(53)48-60(55,56)31-20-21-31)47-39(51)35-24-30-26-49(35)41(52)37(28-13-6-7-14-28)46-43(54)59-36-19-10-15-27(36)12-4-3-5-17-33-38(57-23-11-22-50)32-16-8-9-18-34(32)45-40(33)58-30/h2-3,5,8-9,16,18,27-31,35-37,50H,1,4,6-7,10-15,17,19-26H2,(H,46,54)(H,47,51)(H,48,53)/t27-,29-,30-,35+,36-,37+,44-/m1/s1. The number of aromatic nitrogens is 1. The molecule has 4 N–H and O–H groups in total. The minimum atomic E-state index is -3.92. The Morgan fingerprint density at radius 1 is 1.03 bits per heavy atom. The molecule has 16 heteroatoms. The van der Waals surface area contributed by atoms with Gasteiger partial charge >= 0.3 is 6.09 Å². The maximum Gasteiger partial charge on any atom is 0.408 e. The Balaban J connectivity index is 1.16. The average Bonchev–Trinajstić information content (AvgIpc) is 4.02. The normalized spacial score (nSPS) is 29.9. The van der Waals surface area contributed by atoms with Crippen molar-refractivity contribution in [2.45, 2.75) is 131 Å². The van der Waals surface area contributed by atoms with E-state index in [4.69, 9.17) is 19.2 Å². The van der Waals surface area contributed by atoms with Gasteiger partial charge in [0.15, 0.2) is 0 Å². The lowest BCUT2D eigenvalue weighted by Crippen LogP contribution is -2.59. The van der Waals surface area contributed by atoms with Crippen molar-refractivity contribution in [2.75, 3.05) is 19.8 Å². The number of ether oxygens (including phenoxy) is 3. The molecule has 4 saturated carbocycles. The van der Waals surface area contributed by atoms with E-state index in [9.17, 15) is 32.7 Å². The highest BCUT2D eigenvalue weighted by atomic mass is 32.2. The second-order valence-corrected chi connectivity index (χ2v) is 19.3. The van der Waals surface area contributed by atoms with E-state index in [1.807, 2.05) is 30.3 Å². The van der Waals surface area contributed by atoms with E-state index in [0.717, 1.165) is 50.3 Å². The summed E-state index contributed by atoms with van der Waals surface area (Å²) in [5.74, 6) is -1.62. The number of allylic oxidation sites excluding steroid dienone is 2. The molecule has 1 aromatic carbocycles. The monoisotopic (exact) mass is 847 g/mol.